The van der Waals surface area contributed by atoms with Gasteiger partial charge in [0.25, 0.3) is 10.0 Å². The highest BCUT2D eigenvalue weighted by Gasteiger charge is 2.22. The summed E-state index contributed by atoms with van der Waals surface area (Å²) in [7, 11) is -4.11. The van der Waals surface area contributed by atoms with E-state index < -0.39 is 20.7 Å². The van der Waals surface area contributed by atoms with Crippen LogP contribution in [-0.2, 0) is 10.0 Å². The highest BCUT2D eigenvalue weighted by Crippen LogP contribution is 2.28. The average Bonchev–Trinajstić information content (AvgIpc) is 2.37. The number of rotatable bonds is 3. The molecule has 2 rings (SSSR count). The summed E-state index contributed by atoms with van der Waals surface area (Å²) in [6.07, 6.45) is 0. The summed E-state index contributed by atoms with van der Waals surface area (Å²) in [5.74, 6) is -1.02. The first-order valence-corrected chi connectivity index (χ1v) is 7.91. The fourth-order valence-electron chi connectivity index (χ4n) is 1.91. The van der Waals surface area contributed by atoms with Crippen molar-refractivity contribution in [3.63, 3.8) is 0 Å². The Labute approximate surface area is 127 Å². The molecule has 7 heteroatoms. The lowest BCUT2D eigenvalue weighted by Gasteiger charge is -2.12. The third-order valence-electron chi connectivity index (χ3n) is 2.93. The van der Waals surface area contributed by atoms with E-state index in [4.69, 9.17) is 17.3 Å². The maximum atomic E-state index is 13.9. The van der Waals surface area contributed by atoms with Gasteiger partial charge in [0, 0.05) is 5.69 Å². The molecule has 2 aromatic carbocycles. The van der Waals surface area contributed by atoms with Crippen LogP contribution in [-0.4, -0.2) is 8.42 Å². The standard InChI is InChI=1S/C14H14ClFN2O2S/c1-8-3-4-12(9(2)5-8)18-21(19,20)13-7-10(17)6-11(15)14(13)16/h3-7,18H,17H2,1-2H3. The van der Waals surface area contributed by atoms with Crippen LogP contribution in [0, 0.1) is 19.7 Å². The summed E-state index contributed by atoms with van der Waals surface area (Å²) in [6.45, 7) is 3.65. The molecule has 0 atom stereocenters. The second kappa shape index (κ2) is 5.54. The molecule has 0 aliphatic heterocycles. The molecule has 0 spiro atoms. The van der Waals surface area contributed by atoms with Gasteiger partial charge in [-0.05, 0) is 37.6 Å². The first kappa shape index (κ1) is 15.6. The smallest absolute Gasteiger partial charge is 0.264 e. The maximum Gasteiger partial charge on any atom is 0.264 e. The van der Waals surface area contributed by atoms with Gasteiger partial charge in [-0.2, -0.15) is 0 Å². The van der Waals surface area contributed by atoms with E-state index >= 15 is 0 Å². The normalized spacial score (nSPS) is 11.4. The zero-order valence-electron chi connectivity index (χ0n) is 11.4. The fraction of sp³-hybridized carbons (Fsp3) is 0.143. The molecule has 0 saturated carbocycles. The van der Waals surface area contributed by atoms with Crippen LogP contribution in [0.3, 0.4) is 0 Å². The molecule has 2 aromatic rings. The van der Waals surface area contributed by atoms with Crippen LogP contribution in [0.4, 0.5) is 15.8 Å². The van der Waals surface area contributed by atoms with Crippen molar-refractivity contribution < 1.29 is 12.8 Å². The van der Waals surface area contributed by atoms with Crippen molar-refractivity contribution in [2.75, 3.05) is 10.5 Å². The minimum atomic E-state index is -4.11. The predicted molar refractivity (Wildman–Crippen MR) is 82.5 cm³/mol. The molecule has 0 bridgehead atoms. The molecule has 0 radical (unpaired) electrons. The van der Waals surface area contributed by atoms with Crippen LogP contribution < -0.4 is 10.5 Å². The summed E-state index contributed by atoms with van der Waals surface area (Å²) >= 11 is 5.63. The van der Waals surface area contributed by atoms with Crippen LogP contribution in [0.25, 0.3) is 0 Å². The number of sulfonamides is 1. The summed E-state index contributed by atoms with van der Waals surface area (Å²) < 4.78 is 40.9. The van der Waals surface area contributed by atoms with Gasteiger partial charge in [0.05, 0.1) is 10.7 Å². The third kappa shape index (κ3) is 3.28. The number of aryl methyl sites for hydroxylation is 2. The highest BCUT2D eigenvalue weighted by atomic mass is 35.5. The Kier molecular flexibility index (Phi) is 4.11. The molecule has 4 nitrogen and oxygen atoms in total. The first-order chi connectivity index (χ1) is 9.70. The minimum Gasteiger partial charge on any atom is -0.399 e. The summed E-state index contributed by atoms with van der Waals surface area (Å²) in [4.78, 5) is -0.576. The molecule has 0 aliphatic rings. The third-order valence-corrected chi connectivity index (χ3v) is 4.57. The molecule has 0 aromatic heterocycles. The molecule has 0 saturated heterocycles. The second-order valence-electron chi connectivity index (χ2n) is 4.74. The quantitative estimate of drug-likeness (QED) is 0.847. The average molecular weight is 329 g/mol. The van der Waals surface area contributed by atoms with E-state index in [1.54, 1.807) is 19.1 Å². The van der Waals surface area contributed by atoms with E-state index in [0.717, 1.165) is 23.3 Å². The van der Waals surface area contributed by atoms with E-state index in [1.807, 2.05) is 13.0 Å². The van der Waals surface area contributed by atoms with Gasteiger partial charge >= 0.3 is 0 Å². The lowest BCUT2D eigenvalue weighted by molar-refractivity contribution is 0.571. The van der Waals surface area contributed by atoms with Gasteiger partial charge in [-0.3, -0.25) is 4.72 Å². The molecule has 0 amide bonds. The van der Waals surface area contributed by atoms with E-state index in [0.29, 0.717) is 5.69 Å². The molecular weight excluding hydrogens is 315 g/mol. The van der Waals surface area contributed by atoms with Crippen molar-refractivity contribution in [1.82, 2.24) is 0 Å². The van der Waals surface area contributed by atoms with Gasteiger partial charge < -0.3 is 5.73 Å². The van der Waals surface area contributed by atoms with Crippen molar-refractivity contribution in [3.8, 4) is 0 Å². The Balaban J connectivity index is 2.48. The summed E-state index contributed by atoms with van der Waals surface area (Å²) in [5.41, 5.74) is 7.69. The SMILES string of the molecule is Cc1ccc(NS(=O)(=O)c2cc(N)cc(Cl)c2F)c(C)c1. The Morgan fingerprint density at radius 2 is 1.86 bits per heavy atom. The fourth-order valence-corrected chi connectivity index (χ4v) is 3.46. The molecule has 0 aliphatic carbocycles. The van der Waals surface area contributed by atoms with E-state index in [-0.39, 0.29) is 10.7 Å². The predicted octanol–water partition coefficient (Wildman–Crippen LogP) is 3.48. The number of hydrogen-bond acceptors (Lipinski definition) is 3. The second-order valence-corrected chi connectivity index (χ2v) is 6.80. The Morgan fingerprint density at radius 3 is 2.48 bits per heavy atom. The summed E-state index contributed by atoms with van der Waals surface area (Å²) in [5, 5.41) is -0.337. The van der Waals surface area contributed by atoms with Crippen molar-refractivity contribution in [2.45, 2.75) is 18.7 Å². The molecular formula is C14H14ClFN2O2S. The Bertz CT molecular complexity index is 807. The van der Waals surface area contributed by atoms with Gasteiger partial charge in [-0.1, -0.05) is 29.3 Å². The zero-order chi connectivity index (χ0) is 15.8. The number of nitrogen functional groups attached to an aromatic ring is 1. The van der Waals surface area contributed by atoms with Gasteiger partial charge in [-0.15, -0.1) is 0 Å². The zero-order valence-corrected chi connectivity index (χ0v) is 13.0. The van der Waals surface area contributed by atoms with Crippen molar-refractivity contribution >= 4 is 33.0 Å². The molecule has 112 valence electrons. The number of halogens is 2. The van der Waals surface area contributed by atoms with Crippen molar-refractivity contribution in [1.29, 1.82) is 0 Å². The topological polar surface area (TPSA) is 72.2 Å². The molecule has 3 N–H and O–H groups in total. The highest BCUT2D eigenvalue weighted by molar-refractivity contribution is 7.92. The van der Waals surface area contributed by atoms with Crippen LogP contribution in [0.2, 0.25) is 5.02 Å². The molecule has 21 heavy (non-hydrogen) atoms. The Morgan fingerprint density at radius 1 is 1.19 bits per heavy atom. The molecule has 0 unspecified atom stereocenters. The molecule has 0 heterocycles. The maximum absolute atomic E-state index is 13.9. The lowest BCUT2D eigenvalue weighted by Crippen LogP contribution is -2.16. The number of nitrogens with two attached hydrogens (primary N) is 1. The van der Waals surface area contributed by atoms with Gasteiger partial charge in [-0.25, -0.2) is 12.8 Å². The monoisotopic (exact) mass is 328 g/mol. The number of hydrogen-bond donors (Lipinski definition) is 2. The lowest BCUT2D eigenvalue weighted by atomic mass is 10.1. The van der Waals surface area contributed by atoms with Crippen molar-refractivity contribution in [2.24, 2.45) is 0 Å². The largest absolute Gasteiger partial charge is 0.399 e. The number of nitrogens with one attached hydrogen (secondary N) is 1. The molecule has 0 fully saturated rings. The van der Waals surface area contributed by atoms with Gasteiger partial charge in [0.15, 0.2) is 5.82 Å². The number of anilines is 2. The first-order valence-electron chi connectivity index (χ1n) is 6.05. The van der Waals surface area contributed by atoms with E-state index in [1.165, 1.54) is 0 Å². The van der Waals surface area contributed by atoms with Gasteiger partial charge in [0.1, 0.15) is 4.90 Å². The number of benzene rings is 2. The summed E-state index contributed by atoms with van der Waals surface area (Å²) in [6, 6.07) is 7.39. The van der Waals surface area contributed by atoms with E-state index in [9.17, 15) is 12.8 Å². The minimum absolute atomic E-state index is 0.0717. The van der Waals surface area contributed by atoms with Crippen molar-refractivity contribution in [3.05, 3.63) is 52.3 Å². The van der Waals surface area contributed by atoms with Crippen LogP contribution >= 0.6 is 11.6 Å². The van der Waals surface area contributed by atoms with Crippen LogP contribution in [0.5, 0.6) is 0 Å². The van der Waals surface area contributed by atoms with Crippen LogP contribution in [0.1, 0.15) is 11.1 Å². The van der Waals surface area contributed by atoms with E-state index in [2.05, 4.69) is 4.72 Å². The van der Waals surface area contributed by atoms with Gasteiger partial charge in [0.2, 0.25) is 0 Å². The van der Waals surface area contributed by atoms with Crippen LogP contribution in [0.15, 0.2) is 35.2 Å². The Hall–Kier alpha value is -1.79.